The van der Waals surface area contributed by atoms with Gasteiger partial charge in [-0.05, 0) is 13.0 Å². The maximum absolute atomic E-state index is 10.9. The van der Waals surface area contributed by atoms with E-state index in [-0.39, 0.29) is 5.78 Å². The first-order valence-corrected chi connectivity index (χ1v) is 3.53. The Morgan fingerprint density at radius 3 is 2.83 bits per heavy atom. The number of allylic oxidation sites excluding steroid dienone is 3. The van der Waals surface area contributed by atoms with Crippen LogP contribution in [-0.4, -0.2) is 12.9 Å². The lowest BCUT2D eigenvalue weighted by Crippen LogP contribution is -2.20. The number of methoxy groups -OCH3 is 1. The Kier molecular flexibility index (Phi) is 2.01. The van der Waals surface area contributed by atoms with E-state index in [2.05, 4.69) is 6.07 Å². The average Bonchev–Trinajstić information content (AvgIpc) is 2.09. The van der Waals surface area contributed by atoms with Gasteiger partial charge in [0.2, 0.25) is 0 Å². The maximum atomic E-state index is 10.9. The molecule has 0 aromatic rings. The molecule has 0 radical (unpaired) electrons. The highest BCUT2D eigenvalue weighted by Crippen LogP contribution is 2.30. The van der Waals surface area contributed by atoms with Crippen LogP contribution >= 0.6 is 0 Å². The van der Waals surface area contributed by atoms with Crippen molar-refractivity contribution in [1.29, 1.82) is 5.26 Å². The normalized spacial score (nSPS) is 27.8. The van der Waals surface area contributed by atoms with Gasteiger partial charge in [0.15, 0.2) is 5.78 Å². The summed E-state index contributed by atoms with van der Waals surface area (Å²) in [6.07, 6.45) is 4.27. The number of rotatable bonds is 1. The third-order valence-electron chi connectivity index (χ3n) is 1.82. The summed E-state index contributed by atoms with van der Waals surface area (Å²) in [6, 6.07) is 2.07. The minimum absolute atomic E-state index is 0.139. The molecule has 1 rings (SSSR count). The van der Waals surface area contributed by atoms with Crippen LogP contribution in [0.5, 0.6) is 0 Å². The summed E-state index contributed by atoms with van der Waals surface area (Å²) in [5, 5.41) is 8.80. The van der Waals surface area contributed by atoms with Gasteiger partial charge in [-0.1, -0.05) is 6.08 Å². The van der Waals surface area contributed by atoms with Gasteiger partial charge in [0.05, 0.1) is 13.2 Å². The van der Waals surface area contributed by atoms with E-state index >= 15 is 0 Å². The van der Waals surface area contributed by atoms with E-state index in [0.29, 0.717) is 5.76 Å². The molecule has 0 N–H and O–H groups in total. The lowest BCUT2D eigenvalue weighted by atomic mass is 9.85. The highest BCUT2D eigenvalue weighted by molar-refractivity contribution is 6.01. The van der Waals surface area contributed by atoms with Crippen LogP contribution in [0, 0.1) is 16.7 Å². The van der Waals surface area contributed by atoms with Gasteiger partial charge in [0.1, 0.15) is 11.2 Å². The van der Waals surface area contributed by atoms with E-state index in [4.69, 9.17) is 10.00 Å². The van der Waals surface area contributed by atoms with E-state index in [9.17, 15) is 4.79 Å². The summed E-state index contributed by atoms with van der Waals surface area (Å²) >= 11 is 0. The standard InChI is InChI=1S/C9H9NO2/c1-9(6-10)4-3-7(11)5-8(9)12-2/h3-5H,1-2H3. The van der Waals surface area contributed by atoms with Crippen molar-refractivity contribution < 1.29 is 9.53 Å². The van der Waals surface area contributed by atoms with E-state index in [1.54, 1.807) is 13.0 Å². The fraction of sp³-hybridized carbons (Fsp3) is 0.333. The molecule has 0 bridgehead atoms. The third-order valence-corrected chi connectivity index (χ3v) is 1.82. The number of nitrogens with zero attached hydrogens (tertiary/aromatic N) is 1. The van der Waals surface area contributed by atoms with Crippen LogP contribution in [-0.2, 0) is 9.53 Å². The molecule has 0 aromatic carbocycles. The number of ether oxygens (including phenoxy) is 1. The molecule has 1 unspecified atom stereocenters. The monoisotopic (exact) mass is 163 g/mol. The Morgan fingerprint density at radius 1 is 1.67 bits per heavy atom. The summed E-state index contributed by atoms with van der Waals surface area (Å²) in [7, 11) is 1.45. The molecule has 0 aliphatic heterocycles. The van der Waals surface area contributed by atoms with Crippen molar-refractivity contribution >= 4 is 5.78 Å². The van der Waals surface area contributed by atoms with Crippen molar-refractivity contribution in [2.45, 2.75) is 6.92 Å². The van der Waals surface area contributed by atoms with Crippen molar-refractivity contribution in [3.8, 4) is 6.07 Å². The third kappa shape index (κ3) is 1.24. The predicted molar refractivity (Wildman–Crippen MR) is 43.0 cm³/mol. The minimum atomic E-state index is -0.789. The van der Waals surface area contributed by atoms with Crippen molar-refractivity contribution in [1.82, 2.24) is 0 Å². The zero-order chi connectivity index (χ0) is 9.19. The van der Waals surface area contributed by atoms with Crippen molar-refractivity contribution in [3.63, 3.8) is 0 Å². The van der Waals surface area contributed by atoms with Gasteiger partial charge >= 0.3 is 0 Å². The molecular formula is C9H9NO2. The highest BCUT2D eigenvalue weighted by Gasteiger charge is 2.30. The first-order chi connectivity index (χ1) is 5.62. The number of hydrogen-bond donors (Lipinski definition) is 0. The number of carbonyl (C=O) groups is 1. The molecular weight excluding hydrogens is 154 g/mol. The molecule has 3 nitrogen and oxygen atoms in total. The average molecular weight is 163 g/mol. The molecule has 1 aliphatic rings. The number of hydrogen-bond acceptors (Lipinski definition) is 3. The van der Waals surface area contributed by atoms with Crippen LogP contribution in [0.15, 0.2) is 24.0 Å². The number of ketones is 1. The second-order valence-corrected chi connectivity index (χ2v) is 2.76. The molecule has 0 spiro atoms. The van der Waals surface area contributed by atoms with E-state index in [1.165, 1.54) is 19.3 Å². The van der Waals surface area contributed by atoms with Gasteiger partial charge in [0.25, 0.3) is 0 Å². The first kappa shape index (κ1) is 8.54. The molecule has 12 heavy (non-hydrogen) atoms. The molecule has 3 heteroatoms. The molecule has 0 aromatic heterocycles. The zero-order valence-corrected chi connectivity index (χ0v) is 7.00. The van der Waals surface area contributed by atoms with Crippen LogP contribution in [0.3, 0.4) is 0 Å². The van der Waals surface area contributed by atoms with Crippen LogP contribution in [0.4, 0.5) is 0 Å². The predicted octanol–water partition coefficient (Wildman–Crippen LogP) is 1.19. The van der Waals surface area contributed by atoms with E-state index < -0.39 is 5.41 Å². The zero-order valence-electron chi connectivity index (χ0n) is 7.00. The molecule has 62 valence electrons. The summed E-state index contributed by atoms with van der Waals surface area (Å²) in [5.74, 6) is 0.261. The smallest absolute Gasteiger partial charge is 0.181 e. The Labute approximate surface area is 70.9 Å². The number of carbonyl (C=O) groups excluding carboxylic acids is 1. The van der Waals surface area contributed by atoms with Gasteiger partial charge in [-0.2, -0.15) is 5.26 Å². The Morgan fingerprint density at radius 2 is 2.33 bits per heavy atom. The summed E-state index contributed by atoms with van der Waals surface area (Å²) < 4.78 is 4.93. The van der Waals surface area contributed by atoms with E-state index in [1.807, 2.05) is 0 Å². The lowest BCUT2D eigenvalue weighted by molar-refractivity contribution is -0.110. The van der Waals surface area contributed by atoms with Crippen LogP contribution in [0.2, 0.25) is 0 Å². The second kappa shape index (κ2) is 2.82. The maximum Gasteiger partial charge on any atom is 0.181 e. The molecule has 0 saturated heterocycles. The molecule has 0 heterocycles. The van der Waals surface area contributed by atoms with E-state index in [0.717, 1.165) is 0 Å². The van der Waals surface area contributed by atoms with Crippen LogP contribution < -0.4 is 0 Å². The minimum Gasteiger partial charge on any atom is -0.499 e. The summed E-state index contributed by atoms with van der Waals surface area (Å²) in [6.45, 7) is 1.70. The lowest BCUT2D eigenvalue weighted by Gasteiger charge is -2.21. The highest BCUT2D eigenvalue weighted by atomic mass is 16.5. The van der Waals surface area contributed by atoms with Crippen LogP contribution in [0.25, 0.3) is 0 Å². The fourth-order valence-electron chi connectivity index (χ4n) is 1.02. The van der Waals surface area contributed by atoms with Crippen molar-refractivity contribution in [3.05, 3.63) is 24.0 Å². The summed E-state index contributed by atoms with van der Waals surface area (Å²) in [5.41, 5.74) is -0.789. The topological polar surface area (TPSA) is 50.1 Å². The first-order valence-electron chi connectivity index (χ1n) is 3.53. The molecule has 0 saturated carbocycles. The van der Waals surface area contributed by atoms with Crippen molar-refractivity contribution in [2.75, 3.05) is 7.11 Å². The second-order valence-electron chi connectivity index (χ2n) is 2.76. The molecule has 0 amide bonds. The van der Waals surface area contributed by atoms with Gasteiger partial charge in [-0.3, -0.25) is 4.79 Å². The summed E-state index contributed by atoms with van der Waals surface area (Å²) in [4.78, 5) is 10.9. The quantitative estimate of drug-likeness (QED) is 0.583. The van der Waals surface area contributed by atoms with Gasteiger partial charge < -0.3 is 4.74 Å². The SMILES string of the molecule is COC1=CC(=O)C=CC1(C)C#N. The Balaban J connectivity index is 3.08. The van der Waals surface area contributed by atoms with Gasteiger partial charge in [-0.25, -0.2) is 0 Å². The molecule has 0 fully saturated rings. The van der Waals surface area contributed by atoms with Gasteiger partial charge in [0, 0.05) is 6.08 Å². The Hall–Kier alpha value is -1.56. The molecule has 1 aliphatic carbocycles. The van der Waals surface area contributed by atoms with Crippen molar-refractivity contribution in [2.24, 2.45) is 5.41 Å². The number of nitriles is 1. The molecule has 1 atom stereocenters. The van der Waals surface area contributed by atoms with Gasteiger partial charge in [-0.15, -0.1) is 0 Å². The largest absolute Gasteiger partial charge is 0.499 e. The Bertz CT molecular complexity index is 309. The van der Waals surface area contributed by atoms with Crippen LogP contribution in [0.1, 0.15) is 6.92 Å². The fourth-order valence-corrected chi connectivity index (χ4v) is 1.02.